The Balaban J connectivity index is 1.52. The zero-order valence-electron chi connectivity index (χ0n) is 13.0. The zero-order chi connectivity index (χ0) is 16.1. The van der Waals surface area contributed by atoms with E-state index < -0.39 is 0 Å². The highest BCUT2D eigenvalue weighted by Crippen LogP contribution is 2.16. The number of ether oxygens (including phenoxy) is 1. The molecular weight excluding hydrogens is 296 g/mol. The van der Waals surface area contributed by atoms with E-state index >= 15 is 0 Å². The van der Waals surface area contributed by atoms with Gasteiger partial charge in [0.2, 0.25) is 5.89 Å². The third-order valence-corrected chi connectivity index (χ3v) is 3.74. The fourth-order valence-electron chi connectivity index (χ4n) is 2.54. The Bertz CT molecular complexity index is 670. The third-order valence-electron chi connectivity index (χ3n) is 3.74. The summed E-state index contributed by atoms with van der Waals surface area (Å²) in [5.41, 5.74) is 1.49. The maximum Gasteiger partial charge on any atom is 0.240 e. The van der Waals surface area contributed by atoms with Gasteiger partial charge in [0, 0.05) is 33.3 Å². The highest BCUT2D eigenvalue weighted by atomic mass is 16.5. The average molecular weight is 314 g/mol. The molecular formula is C15H18N6O2. The minimum atomic E-state index is 0.364. The molecule has 0 unspecified atom stereocenters. The van der Waals surface area contributed by atoms with E-state index in [2.05, 4.69) is 24.9 Å². The normalized spacial score (nSPS) is 15.6. The van der Waals surface area contributed by atoms with E-state index in [4.69, 9.17) is 14.5 Å². The number of nitrogens with zero attached hydrogens (tertiary/aromatic N) is 6. The Kier molecular flexibility index (Phi) is 4.80. The molecule has 1 saturated heterocycles. The van der Waals surface area contributed by atoms with E-state index in [1.807, 2.05) is 12.1 Å². The van der Waals surface area contributed by atoms with Gasteiger partial charge in [0.1, 0.15) is 18.4 Å². The van der Waals surface area contributed by atoms with Gasteiger partial charge in [-0.25, -0.2) is 4.98 Å². The van der Waals surface area contributed by atoms with Gasteiger partial charge in [0.15, 0.2) is 5.82 Å². The van der Waals surface area contributed by atoms with Gasteiger partial charge in [-0.05, 0) is 12.1 Å². The molecule has 3 rings (SSSR count). The maximum atomic E-state index is 8.79. The molecule has 2 aromatic heterocycles. The minimum Gasteiger partial charge on any atom is -0.377 e. The molecule has 8 heteroatoms. The molecule has 3 heterocycles. The Hall–Kier alpha value is -2.50. The molecule has 1 aliphatic rings. The van der Waals surface area contributed by atoms with E-state index in [-0.39, 0.29) is 0 Å². The summed E-state index contributed by atoms with van der Waals surface area (Å²) in [6, 6.07) is 5.72. The van der Waals surface area contributed by atoms with Crippen LogP contribution in [0.1, 0.15) is 17.4 Å². The van der Waals surface area contributed by atoms with Crippen LogP contribution >= 0.6 is 0 Å². The molecule has 0 aliphatic carbocycles. The topological polar surface area (TPSA) is 91.3 Å². The number of hydrogen-bond acceptors (Lipinski definition) is 8. The van der Waals surface area contributed by atoms with Crippen LogP contribution in [0.2, 0.25) is 0 Å². The standard InChI is InChI=1S/C15H18N6O2/c1-22-11-14-18-15(23-19-14)10-20-4-6-21(7-5-20)13-3-2-12(8-16)17-9-13/h2-3,9H,4-7,10-11H2,1H3. The van der Waals surface area contributed by atoms with Crippen LogP contribution in [0.25, 0.3) is 0 Å². The largest absolute Gasteiger partial charge is 0.377 e. The molecule has 0 N–H and O–H groups in total. The molecule has 8 nitrogen and oxygen atoms in total. The number of piperazine rings is 1. The summed E-state index contributed by atoms with van der Waals surface area (Å²) in [7, 11) is 1.60. The second-order valence-electron chi connectivity index (χ2n) is 5.31. The number of pyridine rings is 1. The van der Waals surface area contributed by atoms with Crippen molar-refractivity contribution in [2.75, 3.05) is 38.2 Å². The van der Waals surface area contributed by atoms with Crippen LogP contribution in [0.5, 0.6) is 0 Å². The van der Waals surface area contributed by atoms with Gasteiger partial charge < -0.3 is 14.2 Å². The lowest BCUT2D eigenvalue weighted by atomic mass is 10.2. The van der Waals surface area contributed by atoms with E-state index in [1.165, 1.54) is 0 Å². The molecule has 0 aromatic carbocycles. The first-order valence-corrected chi connectivity index (χ1v) is 7.42. The van der Waals surface area contributed by atoms with Gasteiger partial charge in [-0.3, -0.25) is 4.90 Å². The van der Waals surface area contributed by atoms with E-state index in [0.29, 0.717) is 30.6 Å². The second-order valence-corrected chi connectivity index (χ2v) is 5.31. The monoisotopic (exact) mass is 314 g/mol. The maximum absolute atomic E-state index is 8.79. The number of anilines is 1. The van der Waals surface area contributed by atoms with Crippen LogP contribution in [-0.2, 0) is 17.9 Å². The molecule has 0 atom stereocenters. The summed E-state index contributed by atoms with van der Waals surface area (Å²) in [4.78, 5) is 12.9. The lowest BCUT2D eigenvalue weighted by molar-refractivity contribution is 0.174. The molecule has 0 saturated carbocycles. The van der Waals surface area contributed by atoms with Gasteiger partial charge in [0.05, 0.1) is 18.4 Å². The Morgan fingerprint density at radius 3 is 2.78 bits per heavy atom. The molecule has 120 valence electrons. The van der Waals surface area contributed by atoms with Crippen molar-refractivity contribution < 1.29 is 9.26 Å². The predicted octanol–water partition coefficient (Wildman–Crippen LogP) is 0.805. The molecule has 1 fully saturated rings. The molecule has 0 radical (unpaired) electrons. The number of rotatable bonds is 5. The van der Waals surface area contributed by atoms with Crippen LogP contribution in [0, 0.1) is 11.3 Å². The van der Waals surface area contributed by atoms with Crippen LogP contribution in [0.3, 0.4) is 0 Å². The average Bonchev–Trinajstić information content (AvgIpc) is 3.03. The smallest absolute Gasteiger partial charge is 0.240 e. The Morgan fingerprint density at radius 2 is 2.13 bits per heavy atom. The Labute approximate surface area is 134 Å². The van der Waals surface area contributed by atoms with Gasteiger partial charge in [-0.15, -0.1) is 0 Å². The summed E-state index contributed by atoms with van der Waals surface area (Å²) in [5.74, 6) is 1.19. The van der Waals surface area contributed by atoms with E-state index in [9.17, 15) is 0 Å². The first kappa shape index (κ1) is 15.4. The van der Waals surface area contributed by atoms with Crippen molar-refractivity contribution >= 4 is 5.69 Å². The van der Waals surface area contributed by atoms with Crippen molar-refractivity contribution in [3.63, 3.8) is 0 Å². The van der Waals surface area contributed by atoms with Crippen molar-refractivity contribution in [1.82, 2.24) is 20.0 Å². The van der Waals surface area contributed by atoms with Crippen LogP contribution < -0.4 is 4.90 Å². The molecule has 23 heavy (non-hydrogen) atoms. The highest BCUT2D eigenvalue weighted by Gasteiger charge is 2.19. The first-order valence-electron chi connectivity index (χ1n) is 7.42. The number of aromatic nitrogens is 3. The van der Waals surface area contributed by atoms with E-state index in [1.54, 1.807) is 19.4 Å². The zero-order valence-corrected chi connectivity index (χ0v) is 13.0. The lowest BCUT2D eigenvalue weighted by Gasteiger charge is -2.35. The van der Waals surface area contributed by atoms with Gasteiger partial charge in [-0.1, -0.05) is 5.16 Å². The summed E-state index contributed by atoms with van der Waals surface area (Å²) >= 11 is 0. The fourth-order valence-corrected chi connectivity index (χ4v) is 2.54. The molecule has 0 amide bonds. The Morgan fingerprint density at radius 1 is 1.30 bits per heavy atom. The van der Waals surface area contributed by atoms with Crippen molar-refractivity contribution in [2.24, 2.45) is 0 Å². The van der Waals surface area contributed by atoms with Crippen molar-refractivity contribution in [2.45, 2.75) is 13.2 Å². The molecule has 0 bridgehead atoms. The van der Waals surface area contributed by atoms with Crippen molar-refractivity contribution in [3.8, 4) is 6.07 Å². The van der Waals surface area contributed by atoms with Crippen LogP contribution in [0.4, 0.5) is 5.69 Å². The third kappa shape index (κ3) is 3.83. The number of methoxy groups -OCH3 is 1. The summed E-state index contributed by atoms with van der Waals surface area (Å²) in [5, 5.41) is 12.7. The van der Waals surface area contributed by atoms with Crippen LogP contribution in [0.15, 0.2) is 22.9 Å². The second kappa shape index (κ2) is 7.17. The minimum absolute atomic E-state index is 0.364. The van der Waals surface area contributed by atoms with Crippen molar-refractivity contribution in [3.05, 3.63) is 35.7 Å². The summed E-state index contributed by atoms with van der Waals surface area (Å²) in [6.07, 6.45) is 1.75. The van der Waals surface area contributed by atoms with Gasteiger partial charge in [0.25, 0.3) is 0 Å². The SMILES string of the molecule is COCc1noc(CN2CCN(c3ccc(C#N)nc3)CC2)n1. The summed E-state index contributed by atoms with van der Waals surface area (Å²) in [6.45, 7) is 4.61. The fraction of sp³-hybridized carbons (Fsp3) is 0.467. The molecule has 2 aromatic rings. The van der Waals surface area contributed by atoms with Gasteiger partial charge in [-0.2, -0.15) is 10.2 Å². The molecule has 1 aliphatic heterocycles. The van der Waals surface area contributed by atoms with Crippen LogP contribution in [-0.4, -0.2) is 53.3 Å². The number of hydrogen-bond donors (Lipinski definition) is 0. The van der Waals surface area contributed by atoms with Crippen molar-refractivity contribution in [1.29, 1.82) is 5.26 Å². The van der Waals surface area contributed by atoms with E-state index in [0.717, 1.165) is 31.9 Å². The highest BCUT2D eigenvalue weighted by molar-refractivity contribution is 5.46. The quantitative estimate of drug-likeness (QED) is 0.800. The predicted molar refractivity (Wildman–Crippen MR) is 81.5 cm³/mol. The number of nitriles is 1. The first-order chi connectivity index (χ1) is 11.3. The lowest BCUT2D eigenvalue weighted by Crippen LogP contribution is -2.46. The van der Waals surface area contributed by atoms with Gasteiger partial charge >= 0.3 is 0 Å². The summed E-state index contributed by atoms with van der Waals surface area (Å²) < 4.78 is 10.2. The molecule has 0 spiro atoms.